The van der Waals surface area contributed by atoms with E-state index in [0.717, 1.165) is 32.7 Å². The Hall–Kier alpha value is -3.87. The molecule has 0 radical (unpaired) electrons. The van der Waals surface area contributed by atoms with E-state index in [1.54, 1.807) is 0 Å². The van der Waals surface area contributed by atoms with Crippen molar-refractivity contribution in [1.82, 2.24) is 4.57 Å². The third-order valence-electron chi connectivity index (χ3n) is 6.85. The summed E-state index contributed by atoms with van der Waals surface area (Å²) in [5.41, 5.74) is 5.71. The third-order valence-corrected chi connectivity index (χ3v) is 9.92. The van der Waals surface area contributed by atoms with Crippen LogP contribution in [-0.4, -0.2) is 4.57 Å². The van der Waals surface area contributed by atoms with Gasteiger partial charge in [0.25, 0.3) is 0 Å². The van der Waals surface area contributed by atoms with Crippen LogP contribution in [-0.2, 0) is 4.57 Å². The molecule has 0 bridgehead atoms. The van der Waals surface area contributed by atoms with Crippen molar-refractivity contribution in [3.05, 3.63) is 132 Å². The largest absolute Gasteiger partial charge is 0.309 e. The van der Waals surface area contributed by atoms with Crippen molar-refractivity contribution in [1.29, 1.82) is 0 Å². The topological polar surface area (TPSA) is 22.0 Å². The molecule has 0 amide bonds. The zero-order valence-corrected chi connectivity index (χ0v) is 20.7. The first-order valence-corrected chi connectivity index (χ1v) is 13.6. The maximum atomic E-state index is 14.9. The van der Waals surface area contributed by atoms with Gasteiger partial charge >= 0.3 is 0 Å². The molecule has 0 fully saturated rings. The molecule has 0 spiro atoms. The molecule has 0 N–H and O–H groups in total. The summed E-state index contributed by atoms with van der Waals surface area (Å²) in [4.78, 5) is 0. The number of rotatable bonds is 4. The number of fused-ring (bicyclic) bond motifs is 3. The lowest BCUT2D eigenvalue weighted by molar-refractivity contribution is 0.592. The first-order valence-electron chi connectivity index (χ1n) is 11.9. The summed E-state index contributed by atoms with van der Waals surface area (Å²) in [6.45, 7) is 4.11. The van der Waals surface area contributed by atoms with Crippen molar-refractivity contribution in [2.24, 2.45) is 0 Å². The minimum atomic E-state index is -3.02. The summed E-state index contributed by atoms with van der Waals surface area (Å²) in [5.74, 6) is 0. The predicted octanol–water partition coefficient (Wildman–Crippen LogP) is 7.04. The van der Waals surface area contributed by atoms with Gasteiger partial charge in [0.1, 0.15) is 0 Å². The first-order chi connectivity index (χ1) is 17.1. The standard InChI is InChI=1S/C32H26NOP/c1-23-11-17-26(18-12-23)35(34,27-19-13-24(2)14-20-27)28-21-15-25(16-22-28)33-31-9-5-3-7-29(31)30-8-4-6-10-32(30)33/h3-22H,1-2H3. The Kier molecular flexibility index (Phi) is 5.20. The molecule has 0 aliphatic heterocycles. The minimum Gasteiger partial charge on any atom is -0.309 e. The van der Waals surface area contributed by atoms with E-state index < -0.39 is 7.14 Å². The summed E-state index contributed by atoms with van der Waals surface area (Å²) in [7, 11) is -3.02. The molecule has 0 atom stereocenters. The summed E-state index contributed by atoms with van der Waals surface area (Å²) < 4.78 is 17.1. The highest BCUT2D eigenvalue weighted by Gasteiger charge is 2.29. The number of para-hydroxylation sites is 2. The molecule has 6 aromatic rings. The Labute approximate surface area is 205 Å². The molecular formula is C32H26NOP. The van der Waals surface area contributed by atoms with Gasteiger partial charge in [-0.05, 0) is 50.2 Å². The Balaban J connectivity index is 1.54. The molecule has 0 saturated heterocycles. The van der Waals surface area contributed by atoms with Crippen LogP contribution in [0.4, 0.5) is 0 Å². The summed E-state index contributed by atoms with van der Waals surface area (Å²) in [5, 5.41) is 5.03. The van der Waals surface area contributed by atoms with Gasteiger partial charge in [0.2, 0.25) is 0 Å². The van der Waals surface area contributed by atoms with Gasteiger partial charge in [0, 0.05) is 32.4 Å². The second kappa shape index (κ2) is 8.41. The maximum absolute atomic E-state index is 14.9. The SMILES string of the molecule is Cc1ccc(P(=O)(c2ccc(C)cc2)c2ccc(-n3c4ccccc4c4ccccc43)cc2)cc1. The number of hydrogen-bond acceptors (Lipinski definition) is 1. The molecule has 1 aromatic heterocycles. The number of aromatic nitrogens is 1. The zero-order chi connectivity index (χ0) is 24.0. The fraction of sp³-hybridized carbons (Fsp3) is 0.0625. The third kappa shape index (κ3) is 3.53. The second-order valence-corrected chi connectivity index (χ2v) is 11.9. The van der Waals surface area contributed by atoms with E-state index in [0.29, 0.717) is 0 Å². The van der Waals surface area contributed by atoms with Crippen LogP contribution in [0.3, 0.4) is 0 Å². The molecule has 6 rings (SSSR count). The lowest BCUT2D eigenvalue weighted by Gasteiger charge is -2.21. The average molecular weight is 472 g/mol. The van der Waals surface area contributed by atoms with Gasteiger partial charge in [-0.2, -0.15) is 0 Å². The zero-order valence-electron chi connectivity index (χ0n) is 19.8. The van der Waals surface area contributed by atoms with Crippen molar-refractivity contribution in [2.75, 3.05) is 0 Å². The normalized spacial score (nSPS) is 11.8. The molecule has 170 valence electrons. The molecule has 5 aromatic carbocycles. The van der Waals surface area contributed by atoms with Crippen molar-refractivity contribution in [2.45, 2.75) is 13.8 Å². The highest BCUT2D eigenvalue weighted by atomic mass is 31.2. The summed E-state index contributed by atoms with van der Waals surface area (Å²) >= 11 is 0. The van der Waals surface area contributed by atoms with E-state index in [9.17, 15) is 4.57 Å². The maximum Gasteiger partial charge on any atom is 0.171 e. The number of benzene rings is 5. The number of hydrogen-bond donors (Lipinski definition) is 0. The van der Waals surface area contributed by atoms with Gasteiger partial charge in [-0.3, -0.25) is 0 Å². The van der Waals surface area contributed by atoms with Gasteiger partial charge in [-0.25, -0.2) is 0 Å². The molecule has 0 unspecified atom stereocenters. The van der Waals surface area contributed by atoms with Gasteiger partial charge < -0.3 is 9.13 Å². The van der Waals surface area contributed by atoms with Crippen LogP contribution >= 0.6 is 7.14 Å². The molecule has 3 heteroatoms. The van der Waals surface area contributed by atoms with Crippen molar-refractivity contribution >= 4 is 44.9 Å². The van der Waals surface area contributed by atoms with Crippen LogP contribution in [0, 0.1) is 13.8 Å². The van der Waals surface area contributed by atoms with Gasteiger partial charge in [0.15, 0.2) is 7.14 Å². The molecular weight excluding hydrogens is 445 g/mol. The second-order valence-electron chi connectivity index (χ2n) is 9.17. The Bertz CT molecular complexity index is 1610. The molecule has 0 aliphatic carbocycles. The fourth-order valence-corrected chi connectivity index (χ4v) is 7.57. The van der Waals surface area contributed by atoms with Crippen LogP contribution in [0.15, 0.2) is 121 Å². The van der Waals surface area contributed by atoms with Gasteiger partial charge in [-0.15, -0.1) is 0 Å². The quantitative estimate of drug-likeness (QED) is 0.253. The molecule has 2 nitrogen and oxygen atoms in total. The molecule has 35 heavy (non-hydrogen) atoms. The van der Waals surface area contributed by atoms with Crippen LogP contribution in [0.2, 0.25) is 0 Å². The average Bonchev–Trinajstić information content (AvgIpc) is 3.24. The van der Waals surface area contributed by atoms with Gasteiger partial charge in [-0.1, -0.05) is 96.1 Å². The molecule has 0 saturated carbocycles. The lowest BCUT2D eigenvalue weighted by Crippen LogP contribution is -2.25. The van der Waals surface area contributed by atoms with Crippen LogP contribution in [0.1, 0.15) is 11.1 Å². The van der Waals surface area contributed by atoms with Crippen molar-refractivity contribution in [3.8, 4) is 5.69 Å². The van der Waals surface area contributed by atoms with E-state index in [1.165, 1.54) is 21.8 Å². The van der Waals surface area contributed by atoms with Crippen molar-refractivity contribution in [3.63, 3.8) is 0 Å². The van der Waals surface area contributed by atoms with Crippen molar-refractivity contribution < 1.29 is 4.57 Å². The Morgan fingerprint density at radius 2 is 0.857 bits per heavy atom. The predicted molar refractivity (Wildman–Crippen MR) is 150 cm³/mol. The Morgan fingerprint density at radius 1 is 0.486 bits per heavy atom. The van der Waals surface area contributed by atoms with Crippen LogP contribution in [0.25, 0.3) is 27.5 Å². The van der Waals surface area contributed by atoms with E-state index in [2.05, 4.69) is 79.1 Å². The summed E-state index contributed by atoms with van der Waals surface area (Å²) in [6, 6.07) is 41.5. The number of aryl methyl sites for hydroxylation is 2. The van der Waals surface area contributed by atoms with Crippen LogP contribution < -0.4 is 15.9 Å². The first kappa shape index (κ1) is 21.6. The van der Waals surface area contributed by atoms with E-state index >= 15 is 0 Å². The smallest absolute Gasteiger partial charge is 0.171 e. The highest BCUT2D eigenvalue weighted by molar-refractivity contribution is 7.85. The minimum absolute atomic E-state index is 0.842. The van der Waals surface area contributed by atoms with E-state index in [-0.39, 0.29) is 0 Å². The molecule has 0 aliphatic rings. The Morgan fingerprint density at radius 3 is 1.29 bits per heavy atom. The summed E-state index contributed by atoms with van der Waals surface area (Å²) in [6.07, 6.45) is 0. The van der Waals surface area contributed by atoms with Gasteiger partial charge in [0.05, 0.1) is 11.0 Å². The number of nitrogens with zero attached hydrogens (tertiary/aromatic N) is 1. The molecule has 1 heterocycles. The van der Waals surface area contributed by atoms with E-state index in [1.807, 2.05) is 60.7 Å². The monoisotopic (exact) mass is 471 g/mol. The van der Waals surface area contributed by atoms with E-state index in [4.69, 9.17) is 0 Å². The highest BCUT2D eigenvalue weighted by Crippen LogP contribution is 2.43. The fourth-order valence-electron chi connectivity index (χ4n) is 4.97. The van der Waals surface area contributed by atoms with Crippen LogP contribution in [0.5, 0.6) is 0 Å². The lowest BCUT2D eigenvalue weighted by atomic mass is 10.2.